The number of rotatable bonds is 13. The first-order valence-electron chi connectivity index (χ1n) is 12.7. The highest BCUT2D eigenvalue weighted by atomic mass is 32.2. The van der Waals surface area contributed by atoms with E-state index in [2.05, 4.69) is 0 Å². The molecule has 0 aliphatic rings. The van der Waals surface area contributed by atoms with Gasteiger partial charge >= 0.3 is 0 Å². The lowest BCUT2D eigenvalue weighted by Crippen LogP contribution is -2.49. The predicted molar refractivity (Wildman–Crippen MR) is 144 cm³/mol. The minimum absolute atomic E-state index is 0.0353. The van der Waals surface area contributed by atoms with Gasteiger partial charge in [-0.3, -0.25) is 4.79 Å². The van der Waals surface area contributed by atoms with E-state index in [1.165, 1.54) is 17.0 Å². The van der Waals surface area contributed by atoms with E-state index in [1.807, 2.05) is 25.1 Å². The van der Waals surface area contributed by atoms with Crippen LogP contribution in [0.2, 0.25) is 0 Å². The summed E-state index contributed by atoms with van der Waals surface area (Å²) in [5.41, 5.74) is 8.14. The van der Waals surface area contributed by atoms with Crippen molar-refractivity contribution in [1.29, 1.82) is 0 Å². The van der Waals surface area contributed by atoms with Crippen LogP contribution >= 0.6 is 0 Å². The number of carbonyl (C=O) groups excluding carboxylic acids is 1. The minimum atomic E-state index is -3.72. The highest BCUT2D eigenvalue weighted by Gasteiger charge is 2.28. The number of aryl methyl sites for hydroxylation is 1. The second-order valence-electron chi connectivity index (χ2n) is 9.54. The van der Waals surface area contributed by atoms with Crippen molar-refractivity contribution in [2.75, 3.05) is 12.3 Å². The standard InChI is InChI=1S/C29H34F2N2O5S/c1-2-20-7-6-8-21(13-20)18-33(19-28(35)26(32)16-22-14-23(30)17-24(31)15-22)29(36)27(34)11-12-39(37,38)25-9-4-3-5-10-25/h3-10,13-15,17,26-28,34-35H,2,11-12,16,18-19,32H2,1H3/t26-,27?,28+/m0/s1. The smallest absolute Gasteiger partial charge is 0.251 e. The molecule has 0 heterocycles. The Hall–Kier alpha value is -3.18. The van der Waals surface area contributed by atoms with Crippen molar-refractivity contribution in [3.05, 3.63) is 101 Å². The van der Waals surface area contributed by atoms with Crippen molar-refractivity contribution in [2.45, 2.75) is 55.9 Å². The summed E-state index contributed by atoms with van der Waals surface area (Å²) in [5.74, 6) is -2.75. The lowest BCUT2D eigenvalue weighted by atomic mass is 10.0. The van der Waals surface area contributed by atoms with Gasteiger partial charge in [0.15, 0.2) is 9.84 Å². The molecule has 1 unspecified atom stereocenters. The SMILES string of the molecule is CCc1cccc(CN(C[C@@H](O)[C@@H](N)Cc2cc(F)cc(F)c2)C(=O)C(O)CCS(=O)(=O)c2ccccc2)c1. The second-order valence-corrected chi connectivity index (χ2v) is 11.7. The van der Waals surface area contributed by atoms with E-state index >= 15 is 0 Å². The molecule has 0 fully saturated rings. The number of benzene rings is 3. The van der Waals surface area contributed by atoms with E-state index in [0.29, 0.717) is 0 Å². The van der Waals surface area contributed by atoms with Gasteiger partial charge in [0.1, 0.15) is 17.7 Å². The predicted octanol–water partition coefficient (Wildman–Crippen LogP) is 3.01. The highest BCUT2D eigenvalue weighted by Crippen LogP contribution is 2.17. The van der Waals surface area contributed by atoms with Crippen molar-refractivity contribution in [3.63, 3.8) is 0 Å². The first-order chi connectivity index (χ1) is 18.5. The molecule has 0 bridgehead atoms. The van der Waals surface area contributed by atoms with Crippen LogP contribution in [-0.4, -0.2) is 60.0 Å². The van der Waals surface area contributed by atoms with E-state index < -0.39 is 51.4 Å². The summed E-state index contributed by atoms with van der Waals surface area (Å²) in [6.07, 6.45) is -2.57. The fourth-order valence-electron chi connectivity index (χ4n) is 4.25. The van der Waals surface area contributed by atoms with E-state index in [9.17, 15) is 32.2 Å². The summed E-state index contributed by atoms with van der Waals surface area (Å²) in [7, 11) is -3.72. The molecule has 0 aromatic heterocycles. The van der Waals surface area contributed by atoms with E-state index in [1.54, 1.807) is 24.3 Å². The summed E-state index contributed by atoms with van der Waals surface area (Å²) in [4.78, 5) is 14.6. The number of hydrogen-bond donors (Lipinski definition) is 3. The van der Waals surface area contributed by atoms with Crippen LogP contribution in [0.3, 0.4) is 0 Å². The Morgan fingerprint density at radius 1 is 0.923 bits per heavy atom. The van der Waals surface area contributed by atoms with Crippen LogP contribution in [0.5, 0.6) is 0 Å². The summed E-state index contributed by atoms with van der Waals surface area (Å²) >= 11 is 0. The highest BCUT2D eigenvalue weighted by molar-refractivity contribution is 7.91. The van der Waals surface area contributed by atoms with Crippen LogP contribution in [0.1, 0.15) is 30.0 Å². The molecule has 3 rings (SSSR count). The average molecular weight is 561 g/mol. The second kappa shape index (κ2) is 13.7. The molecule has 4 N–H and O–H groups in total. The largest absolute Gasteiger partial charge is 0.390 e. The number of hydrogen-bond acceptors (Lipinski definition) is 6. The van der Waals surface area contributed by atoms with Crippen molar-refractivity contribution in [3.8, 4) is 0 Å². The van der Waals surface area contributed by atoms with Gasteiger partial charge in [-0.05, 0) is 60.2 Å². The molecule has 0 spiro atoms. The van der Waals surface area contributed by atoms with Crippen LogP contribution in [0, 0.1) is 11.6 Å². The quantitative estimate of drug-likeness (QED) is 0.296. The molecule has 7 nitrogen and oxygen atoms in total. The third-order valence-electron chi connectivity index (χ3n) is 6.43. The van der Waals surface area contributed by atoms with E-state index in [0.717, 1.165) is 35.7 Å². The Labute approximate surface area is 227 Å². The molecule has 3 atom stereocenters. The summed E-state index contributed by atoms with van der Waals surface area (Å²) in [6, 6.07) is 17.2. The van der Waals surface area contributed by atoms with Gasteiger partial charge in [-0.25, -0.2) is 17.2 Å². The molecule has 0 aliphatic heterocycles. The Balaban J connectivity index is 1.75. The molecule has 10 heteroatoms. The van der Waals surface area contributed by atoms with Gasteiger partial charge in [0.25, 0.3) is 5.91 Å². The third kappa shape index (κ3) is 8.93. The zero-order valence-corrected chi connectivity index (χ0v) is 22.5. The number of aliphatic hydroxyl groups is 2. The Kier molecular flexibility index (Phi) is 10.7. The van der Waals surface area contributed by atoms with Gasteiger partial charge in [0.05, 0.1) is 16.8 Å². The molecule has 3 aromatic carbocycles. The summed E-state index contributed by atoms with van der Waals surface area (Å²) < 4.78 is 52.4. The van der Waals surface area contributed by atoms with Crippen LogP contribution in [0.15, 0.2) is 77.7 Å². The molecular formula is C29H34F2N2O5S. The molecule has 210 valence electrons. The maximum atomic E-state index is 13.6. The Morgan fingerprint density at radius 2 is 1.56 bits per heavy atom. The van der Waals surface area contributed by atoms with Crippen LogP contribution < -0.4 is 5.73 Å². The van der Waals surface area contributed by atoms with Crippen LogP contribution in [-0.2, 0) is 34.0 Å². The number of nitrogens with zero attached hydrogens (tertiary/aromatic N) is 1. The molecule has 1 amide bonds. The normalized spacial score (nSPS) is 14.0. The van der Waals surface area contributed by atoms with Gasteiger partial charge in [0.2, 0.25) is 0 Å². The number of carbonyl (C=O) groups is 1. The molecule has 0 aliphatic carbocycles. The van der Waals surface area contributed by atoms with Gasteiger partial charge < -0.3 is 20.8 Å². The molecular weight excluding hydrogens is 526 g/mol. The van der Waals surface area contributed by atoms with Gasteiger partial charge in [0, 0.05) is 25.2 Å². The van der Waals surface area contributed by atoms with E-state index in [4.69, 9.17) is 5.73 Å². The number of amides is 1. The van der Waals surface area contributed by atoms with Gasteiger partial charge in [-0.15, -0.1) is 0 Å². The summed E-state index contributed by atoms with van der Waals surface area (Å²) in [5, 5.41) is 21.5. The fraction of sp³-hybridized carbons (Fsp3) is 0.345. The molecule has 0 saturated carbocycles. The Morgan fingerprint density at radius 3 is 2.21 bits per heavy atom. The topological polar surface area (TPSA) is 121 Å². The van der Waals surface area contributed by atoms with Crippen LogP contribution in [0.4, 0.5) is 8.78 Å². The van der Waals surface area contributed by atoms with Gasteiger partial charge in [-0.1, -0.05) is 49.4 Å². The maximum Gasteiger partial charge on any atom is 0.251 e. The zero-order valence-electron chi connectivity index (χ0n) is 21.7. The third-order valence-corrected chi connectivity index (χ3v) is 8.19. The zero-order chi connectivity index (χ0) is 28.6. The number of nitrogens with two attached hydrogens (primary N) is 1. The lowest BCUT2D eigenvalue weighted by Gasteiger charge is -2.30. The molecule has 0 saturated heterocycles. The van der Waals surface area contributed by atoms with Crippen molar-refractivity contribution in [1.82, 2.24) is 4.90 Å². The molecule has 0 radical (unpaired) electrons. The monoisotopic (exact) mass is 560 g/mol. The van der Waals surface area contributed by atoms with Crippen molar-refractivity contribution >= 4 is 15.7 Å². The lowest BCUT2D eigenvalue weighted by molar-refractivity contribution is -0.142. The first-order valence-corrected chi connectivity index (χ1v) is 14.3. The molecule has 39 heavy (non-hydrogen) atoms. The maximum absolute atomic E-state index is 13.6. The average Bonchev–Trinajstić information content (AvgIpc) is 2.91. The number of aliphatic hydroxyl groups excluding tert-OH is 2. The van der Waals surface area contributed by atoms with Crippen LogP contribution in [0.25, 0.3) is 0 Å². The Bertz CT molecular complexity index is 1330. The molecule has 3 aromatic rings. The minimum Gasteiger partial charge on any atom is -0.390 e. The van der Waals surface area contributed by atoms with Gasteiger partial charge in [-0.2, -0.15) is 0 Å². The fourth-order valence-corrected chi connectivity index (χ4v) is 5.59. The first kappa shape index (κ1) is 30.4. The number of sulfone groups is 1. The van der Waals surface area contributed by atoms with Crippen molar-refractivity contribution in [2.24, 2.45) is 5.73 Å². The van der Waals surface area contributed by atoms with Crippen molar-refractivity contribution < 1.29 is 32.2 Å². The number of halogens is 2. The van der Waals surface area contributed by atoms with E-state index in [-0.39, 0.29) is 36.4 Å². The summed E-state index contributed by atoms with van der Waals surface area (Å²) in [6.45, 7) is 1.74.